The van der Waals surface area contributed by atoms with Crippen molar-refractivity contribution in [3.63, 3.8) is 0 Å². The molecule has 0 spiro atoms. The molecule has 0 fully saturated rings. The summed E-state index contributed by atoms with van der Waals surface area (Å²) in [6.45, 7) is 6.71. The Morgan fingerprint density at radius 3 is 2.35 bits per heavy atom. The molecule has 0 radical (unpaired) electrons. The second-order valence-corrected chi connectivity index (χ2v) is 5.81. The first-order valence-corrected chi connectivity index (χ1v) is 6.43. The largest absolute Gasteiger partial charge is 0.481 e. The third kappa shape index (κ3) is 4.26. The highest BCUT2D eigenvalue weighted by atomic mass is 16.6. The molecule has 0 aliphatic heterocycles. The molecule has 110 valence electrons. The minimum atomic E-state index is -1.05. The second kappa shape index (κ2) is 5.94. The zero-order valence-electron chi connectivity index (χ0n) is 12.2. The molecule has 3 N–H and O–H groups in total. The number of hydrogen-bond donors (Lipinski definition) is 2. The van der Waals surface area contributed by atoms with Gasteiger partial charge in [-0.25, -0.2) is 0 Å². The van der Waals surface area contributed by atoms with Crippen LogP contribution in [-0.4, -0.2) is 22.6 Å². The van der Waals surface area contributed by atoms with Crippen LogP contribution in [0.15, 0.2) is 24.3 Å². The summed E-state index contributed by atoms with van der Waals surface area (Å²) in [5, 5.41) is 9.19. The van der Waals surface area contributed by atoms with Crippen molar-refractivity contribution in [3.05, 3.63) is 29.8 Å². The van der Waals surface area contributed by atoms with Crippen molar-refractivity contribution < 1.29 is 19.4 Å². The molecule has 0 aromatic heterocycles. The van der Waals surface area contributed by atoms with Crippen molar-refractivity contribution in [2.45, 2.75) is 39.2 Å². The molecule has 0 aliphatic carbocycles. The molecule has 5 heteroatoms. The first kappa shape index (κ1) is 16.0. The molecule has 0 amide bonds. The second-order valence-electron chi connectivity index (χ2n) is 5.81. The number of anilines is 1. The predicted octanol–water partition coefficient (Wildman–Crippen LogP) is 2.41. The number of carboxylic acids is 1. The van der Waals surface area contributed by atoms with Crippen LogP contribution in [0.4, 0.5) is 5.69 Å². The van der Waals surface area contributed by atoms with Crippen LogP contribution in [0.1, 0.15) is 39.2 Å². The number of nitrogens with two attached hydrogens (primary N) is 1. The fourth-order valence-corrected chi connectivity index (χ4v) is 1.89. The first-order valence-electron chi connectivity index (χ1n) is 6.43. The van der Waals surface area contributed by atoms with Gasteiger partial charge < -0.3 is 15.6 Å². The fraction of sp³-hybridized carbons (Fsp3) is 0.467. The number of carbonyl (C=O) groups is 2. The number of hydrogen-bond acceptors (Lipinski definition) is 4. The standard InChI is InChI=1S/C15H21NO4/c1-9(13(17)18)12(14(19)20-15(2,3)4)10-6-5-7-11(16)8-10/h5-9,12H,16H2,1-4H3,(H,17,18). The summed E-state index contributed by atoms with van der Waals surface area (Å²) in [5.74, 6) is -3.39. The molecule has 0 bridgehead atoms. The summed E-state index contributed by atoms with van der Waals surface area (Å²) >= 11 is 0. The van der Waals surface area contributed by atoms with Gasteiger partial charge in [0.2, 0.25) is 0 Å². The maximum absolute atomic E-state index is 12.3. The molecule has 2 unspecified atom stereocenters. The molecule has 2 atom stereocenters. The first-order chi connectivity index (χ1) is 9.11. The predicted molar refractivity (Wildman–Crippen MR) is 76.2 cm³/mol. The smallest absolute Gasteiger partial charge is 0.314 e. The van der Waals surface area contributed by atoms with Crippen LogP contribution in [0.5, 0.6) is 0 Å². The van der Waals surface area contributed by atoms with E-state index in [1.165, 1.54) is 6.92 Å². The Bertz CT molecular complexity index is 505. The lowest BCUT2D eigenvalue weighted by Crippen LogP contribution is -2.33. The highest BCUT2D eigenvalue weighted by Gasteiger charge is 2.35. The van der Waals surface area contributed by atoms with Gasteiger partial charge in [-0.05, 0) is 38.5 Å². The number of ether oxygens (including phenoxy) is 1. The minimum absolute atomic E-state index is 0.480. The Morgan fingerprint density at radius 2 is 1.90 bits per heavy atom. The van der Waals surface area contributed by atoms with Gasteiger partial charge in [0.25, 0.3) is 0 Å². The minimum Gasteiger partial charge on any atom is -0.481 e. The topological polar surface area (TPSA) is 89.6 Å². The van der Waals surface area contributed by atoms with Crippen LogP contribution in [0.3, 0.4) is 0 Å². The Balaban J connectivity index is 3.15. The molecule has 1 aromatic carbocycles. The summed E-state index contributed by atoms with van der Waals surface area (Å²) in [5.41, 5.74) is 6.06. The van der Waals surface area contributed by atoms with Crippen molar-refractivity contribution in [3.8, 4) is 0 Å². The van der Waals surface area contributed by atoms with Crippen molar-refractivity contribution in [1.82, 2.24) is 0 Å². The van der Waals surface area contributed by atoms with Crippen LogP contribution < -0.4 is 5.73 Å². The van der Waals surface area contributed by atoms with Gasteiger partial charge in [0, 0.05) is 5.69 Å². The van der Waals surface area contributed by atoms with E-state index in [-0.39, 0.29) is 0 Å². The zero-order valence-corrected chi connectivity index (χ0v) is 12.2. The Hall–Kier alpha value is -2.04. The molecule has 20 heavy (non-hydrogen) atoms. The van der Waals surface area contributed by atoms with Crippen molar-refractivity contribution in [1.29, 1.82) is 0 Å². The fourth-order valence-electron chi connectivity index (χ4n) is 1.89. The van der Waals surface area contributed by atoms with Gasteiger partial charge >= 0.3 is 11.9 Å². The van der Waals surface area contributed by atoms with Crippen molar-refractivity contribution >= 4 is 17.6 Å². The molecular weight excluding hydrogens is 258 g/mol. The van der Waals surface area contributed by atoms with E-state index in [1.807, 2.05) is 0 Å². The maximum atomic E-state index is 12.3. The van der Waals surface area contributed by atoms with Crippen molar-refractivity contribution in [2.75, 3.05) is 5.73 Å². The van der Waals surface area contributed by atoms with Gasteiger partial charge in [-0.1, -0.05) is 19.1 Å². The highest BCUT2D eigenvalue weighted by Crippen LogP contribution is 2.29. The van der Waals surface area contributed by atoms with E-state index in [4.69, 9.17) is 10.5 Å². The molecule has 0 heterocycles. The lowest BCUT2D eigenvalue weighted by molar-refractivity contribution is -0.162. The van der Waals surface area contributed by atoms with Crippen LogP contribution in [-0.2, 0) is 14.3 Å². The number of esters is 1. The number of carbonyl (C=O) groups excluding carboxylic acids is 1. The third-order valence-corrected chi connectivity index (χ3v) is 2.82. The summed E-state index contributed by atoms with van der Waals surface area (Å²) in [6.07, 6.45) is 0. The molecule has 0 saturated heterocycles. The monoisotopic (exact) mass is 279 g/mol. The van der Waals surface area contributed by atoms with Gasteiger partial charge in [-0.2, -0.15) is 0 Å². The average Bonchev–Trinajstić information content (AvgIpc) is 2.26. The summed E-state index contributed by atoms with van der Waals surface area (Å²) in [6, 6.07) is 6.66. The highest BCUT2D eigenvalue weighted by molar-refractivity contribution is 5.85. The molecule has 0 saturated carbocycles. The van der Waals surface area contributed by atoms with E-state index >= 15 is 0 Å². The third-order valence-electron chi connectivity index (χ3n) is 2.82. The summed E-state index contributed by atoms with van der Waals surface area (Å²) < 4.78 is 5.32. The van der Waals surface area contributed by atoms with E-state index in [0.717, 1.165) is 0 Å². The molecule has 1 aromatic rings. The van der Waals surface area contributed by atoms with Gasteiger partial charge in [-0.3, -0.25) is 9.59 Å². The Labute approximate surface area is 118 Å². The quantitative estimate of drug-likeness (QED) is 0.652. The van der Waals surface area contributed by atoms with Crippen molar-refractivity contribution in [2.24, 2.45) is 5.92 Å². The van der Waals surface area contributed by atoms with Crippen LogP contribution in [0.25, 0.3) is 0 Å². The molecular formula is C15H21NO4. The van der Waals surface area contributed by atoms with E-state index in [1.54, 1.807) is 45.0 Å². The van der Waals surface area contributed by atoms with E-state index in [0.29, 0.717) is 11.3 Å². The van der Waals surface area contributed by atoms with E-state index in [2.05, 4.69) is 0 Å². The molecule has 1 rings (SSSR count). The van der Waals surface area contributed by atoms with Gasteiger partial charge in [0.05, 0.1) is 11.8 Å². The van der Waals surface area contributed by atoms with Crippen LogP contribution in [0.2, 0.25) is 0 Å². The number of aliphatic carboxylic acids is 1. The normalized spacial score (nSPS) is 14.4. The summed E-state index contributed by atoms with van der Waals surface area (Å²) in [4.78, 5) is 23.5. The van der Waals surface area contributed by atoms with E-state index in [9.17, 15) is 14.7 Å². The zero-order chi connectivity index (χ0) is 15.5. The van der Waals surface area contributed by atoms with Gasteiger partial charge in [-0.15, -0.1) is 0 Å². The van der Waals surface area contributed by atoms with E-state index < -0.39 is 29.4 Å². The van der Waals surface area contributed by atoms with Gasteiger partial charge in [0.15, 0.2) is 0 Å². The average molecular weight is 279 g/mol. The Kier molecular flexibility index (Phi) is 4.76. The Morgan fingerprint density at radius 1 is 1.30 bits per heavy atom. The SMILES string of the molecule is CC(C(=O)O)C(C(=O)OC(C)(C)C)c1cccc(N)c1. The van der Waals surface area contributed by atoms with Crippen LogP contribution in [0, 0.1) is 5.92 Å². The molecule has 5 nitrogen and oxygen atoms in total. The number of benzene rings is 1. The number of nitrogen functional groups attached to an aromatic ring is 1. The van der Waals surface area contributed by atoms with Crippen LogP contribution >= 0.6 is 0 Å². The maximum Gasteiger partial charge on any atom is 0.314 e. The lowest BCUT2D eigenvalue weighted by Gasteiger charge is -2.26. The number of carboxylic acid groups (broad SMARTS) is 1. The lowest BCUT2D eigenvalue weighted by atomic mass is 9.87. The summed E-state index contributed by atoms with van der Waals surface area (Å²) in [7, 11) is 0. The van der Waals surface area contributed by atoms with Gasteiger partial charge in [0.1, 0.15) is 5.60 Å². The number of rotatable bonds is 4. The molecule has 0 aliphatic rings.